The lowest BCUT2D eigenvalue weighted by atomic mass is 10.2. The zero-order chi connectivity index (χ0) is 14.8. The van der Waals surface area contributed by atoms with E-state index in [4.69, 9.17) is 0 Å². The number of sulfone groups is 1. The van der Waals surface area contributed by atoms with E-state index >= 15 is 0 Å². The molecule has 0 saturated carbocycles. The number of anilines is 1. The molecule has 6 nitrogen and oxygen atoms in total. The van der Waals surface area contributed by atoms with Crippen molar-refractivity contribution in [1.29, 1.82) is 0 Å². The molecule has 2 rings (SSSR count). The average Bonchev–Trinajstić information content (AvgIpc) is 2.81. The van der Waals surface area contributed by atoms with Crippen LogP contribution >= 0.6 is 0 Å². The van der Waals surface area contributed by atoms with Crippen LogP contribution in [-0.2, 0) is 16.4 Å². The molecular formula is C13H18N4O2S. The lowest BCUT2D eigenvalue weighted by Crippen LogP contribution is -2.07. The fraction of sp³-hybridized carbons (Fsp3) is 0.385. The Bertz CT molecular complexity index is 707. The van der Waals surface area contributed by atoms with Crippen molar-refractivity contribution in [3.05, 3.63) is 24.3 Å². The minimum Gasteiger partial charge on any atom is -0.355 e. The Morgan fingerprint density at radius 1 is 1.25 bits per heavy atom. The lowest BCUT2D eigenvalue weighted by Gasteiger charge is -2.08. The van der Waals surface area contributed by atoms with E-state index < -0.39 is 9.84 Å². The zero-order valence-electron chi connectivity index (χ0n) is 11.8. The van der Waals surface area contributed by atoms with Crippen molar-refractivity contribution in [2.75, 3.05) is 18.1 Å². The summed E-state index contributed by atoms with van der Waals surface area (Å²) in [6.45, 7) is 5.43. The first-order valence-corrected chi connectivity index (χ1v) is 8.34. The Hall–Kier alpha value is -1.89. The highest BCUT2D eigenvalue weighted by molar-refractivity contribution is 7.90. The number of nitrogens with zero attached hydrogens (tertiary/aromatic N) is 3. The maximum Gasteiger partial charge on any atom is 0.224 e. The summed E-state index contributed by atoms with van der Waals surface area (Å²) in [5.41, 5.74) is 0.742. The molecule has 0 atom stereocenters. The van der Waals surface area contributed by atoms with Crippen LogP contribution in [0.3, 0.4) is 0 Å². The first-order chi connectivity index (χ1) is 9.47. The van der Waals surface area contributed by atoms with Crippen LogP contribution in [0.25, 0.3) is 11.4 Å². The third-order valence-electron chi connectivity index (χ3n) is 2.92. The van der Waals surface area contributed by atoms with Crippen molar-refractivity contribution < 1.29 is 8.42 Å². The molecule has 108 valence electrons. The maximum absolute atomic E-state index is 11.6. The molecule has 1 N–H and O–H groups in total. The first-order valence-electron chi connectivity index (χ1n) is 6.45. The third kappa shape index (κ3) is 2.82. The summed E-state index contributed by atoms with van der Waals surface area (Å²) in [6.07, 6.45) is 1.20. The van der Waals surface area contributed by atoms with Crippen LogP contribution in [0.15, 0.2) is 29.2 Å². The van der Waals surface area contributed by atoms with E-state index in [1.54, 1.807) is 18.2 Å². The van der Waals surface area contributed by atoms with E-state index in [-0.39, 0.29) is 4.90 Å². The van der Waals surface area contributed by atoms with Gasteiger partial charge in [-0.15, -0.1) is 10.2 Å². The van der Waals surface area contributed by atoms with Crippen LogP contribution < -0.4 is 5.32 Å². The molecule has 0 radical (unpaired) electrons. The van der Waals surface area contributed by atoms with Gasteiger partial charge in [0.2, 0.25) is 5.95 Å². The van der Waals surface area contributed by atoms with E-state index in [2.05, 4.69) is 15.5 Å². The molecule has 0 amide bonds. The average molecular weight is 294 g/mol. The molecule has 7 heteroatoms. The molecule has 1 aromatic heterocycles. The summed E-state index contributed by atoms with van der Waals surface area (Å²) < 4.78 is 25.2. The van der Waals surface area contributed by atoms with Gasteiger partial charge in [0.05, 0.1) is 4.90 Å². The van der Waals surface area contributed by atoms with Gasteiger partial charge >= 0.3 is 0 Å². The van der Waals surface area contributed by atoms with E-state index in [9.17, 15) is 8.42 Å². The van der Waals surface area contributed by atoms with Gasteiger partial charge in [-0.3, -0.25) is 4.57 Å². The van der Waals surface area contributed by atoms with Gasteiger partial charge in [-0.1, -0.05) is 12.1 Å². The van der Waals surface area contributed by atoms with Crippen molar-refractivity contribution >= 4 is 15.8 Å². The molecule has 2 aromatic rings. The Balaban J connectivity index is 2.52. The van der Waals surface area contributed by atoms with E-state index in [0.717, 1.165) is 12.1 Å². The number of rotatable bonds is 5. The van der Waals surface area contributed by atoms with Crippen LogP contribution in [0.5, 0.6) is 0 Å². The van der Waals surface area contributed by atoms with Crippen LogP contribution in [0.1, 0.15) is 13.8 Å². The summed E-state index contributed by atoms with van der Waals surface area (Å²) in [6, 6.07) is 6.76. The fourth-order valence-electron chi connectivity index (χ4n) is 1.97. The van der Waals surface area contributed by atoms with Gasteiger partial charge in [-0.25, -0.2) is 8.42 Å². The van der Waals surface area contributed by atoms with Gasteiger partial charge < -0.3 is 5.32 Å². The van der Waals surface area contributed by atoms with Crippen LogP contribution in [-0.4, -0.2) is 36.0 Å². The van der Waals surface area contributed by atoms with E-state index in [1.807, 2.05) is 24.5 Å². The molecule has 0 fully saturated rings. The second-order valence-electron chi connectivity index (χ2n) is 4.42. The number of hydrogen-bond donors (Lipinski definition) is 1. The van der Waals surface area contributed by atoms with Gasteiger partial charge in [-0.05, 0) is 26.0 Å². The largest absolute Gasteiger partial charge is 0.355 e. The molecule has 1 aromatic carbocycles. The summed E-state index contributed by atoms with van der Waals surface area (Å²) in [5, 5.41) is 11.4. The molecule has 20 heavy (non-hydrogen) atoms. The minimum absolute atomic E-state index is 0.283. The highest BCUT2D eigenvalue weighted by atomic mass is 32.2. The Morgan fingerprint density at radius 2 is 2.00 bits per heavy atom. The van der Waals surface area contributed by atoms with Crippen molar-refractivity contribution in [2.24, 2.45) is 0 Å². The zero-order valence-corrected chi connectivity index (χ0v) is 12.6. The Kier molecular flexibility index (Phi) is 4.08. The van der Waals surface area contributed by atoms with Crippen LogP contribution in [0, 0.1) is 0 Å². The van der Waals surface area contributed by atoms with Gasteiger partial charge in [0.25, 0.3) is 0 Å². The van der Waals surface area contributed by atoms with E-state index in [0.29, 0.717) is 18.3 Å². The predicted octanol–water partition coefficient (Wildman–Crippen LogP) is 1.80. The third-order valence-corrected chi connectivity index (χ3v) is 4.03. The molecule has 0 bridgehead atoms. The summed E-state index contributed by atoms with van der Waals surface area (Å²) in [4.78, 5) is 0.283. The summed E-state index contributed by atoms with van der Waals surface area (Å²) >= 11 is 0. The first kappa shape index (κ1) is 14.5. The molecule has 1 heterocycles. The number of nitrogens with one attached hydrogen (secondary N) is 1. The highest BCUT2D eigenvalue weighted by Gasteiger charge is 2.14. The minimum atomic E-state index is -3.23. The van der Waals surface area contributed by atoms with Crippen molar-refractivity contribution in [1.82, 2.24) is 14.8 Å². The fourth-order valence-corrected chi connectivity index (χ4v) is 2.64. The SMILES string of the molecule is CCNc1nnc(-c2cccc(S(C)(=O)=O)c2)n1CC. The highest BCUT2D eigenvalue weighted by Crippen LogP contribution is 2.23. The standard InChI is InChI=1S/C13H18N4O2S/c1-4-14-13-16-15-12(17(13)5-2)10-7-6-8-11(9-10)20(3,18)19/h6-9H,4-5H2,1-3H3,(H,14,16). The molecule has 0 spiro atoms. The van der Waals surface area contributed by atoms with Crippen molar-refractivity contribution in [3.8, 4) is 11.4 Å². The molecule has 0 aliphatic heterocycles. The number of benzene rings is 1. The van der Waals surface area contributed by atoms with Gasteiger partial charge in [-0.2, -0.15) is 0 Å². The normalized spacial score (nSPS) is 11.6. The molecular weight excluding hydrogens is 276 g/mol. The molecule has 0 unspecified atom stereocenters. The quantitative estimate of drug-likeness (QED) is 0.910. The second kappa shape index (κ2) is 5.62. The Labute approximate surface area is 118 Å². The van der Waals surface area contributed by atoms with Crippen LogP contribution in [0.4, 0.5) is 5.95 Å². The molecule has 0 aliphatic rings. The van der Waals surface area contributed by atoms with Crippen LogP contribution in [0.2, 0.25) is 0 Å². The molecule has 0 saturated heterocycles. The second-order valence-corrected chi connectivity index (χ2v) is 6.44. The van der Waals surface area contributed by atoms with Gasteiger partial charge in [0.1, 0.15) is 0 Å². The number of hydrogen-bond acceptors (Lipinski definition) is 5. The maximum atomic E-state index is 11.6. The topological polar surface area (TPSA) is 76.9 Å². The summed E-state index contributed by atoms with van der Waals surface area (Å²) in [5.74, 6) is 1.35. The monoisotopic (exact) mass is 294 g/mol. The predicted molar refractivity (Wildman–Crippen MR) is 78.4 cm³/mol. The number of aromatic nitrogens is 3. The smallest absolute Gasteiger partial charge is 0.224 e. The lowest BCUT2D eigenvalue weighted by molar-refractivity contribution is 0.602. The van der Waals surface area contributed by atoms with Crippen molar-refractivity contribution in [2.45, 2.75) is 25.3 Å². The van der Waals surface area contributed by atoms with Gasteiger partial charge in [0.15, 0.2) is 15.7 Å². The molecule has 0 aliphatic carbocycles. The Morgan fingerprint density at radius 3 is 2.60 bits per heavy atom. The van der Waals surface area contributed by atoms with E-state index in [1.165, 1.54) is 6.26 Å². The summed E-state index contributed by atoms with van der Waals surface area (Å²) in [7, 11) is -3.23. The van der Waals surface area contributed by atoms with Crippen molar-refractivity contribution in [3.63, 3.8) is 0 Å². The van der Waals surface area contributed by atoms with Gasteiger partial charge in [0, 0.05) is 24.9 Å².